The minimum Gasteiger partial charge on any atom is -0.483 e. The lowest BCUT2D eigenvalue weighted by Gasteiger charge is -2.26. The molecule has 1 heterocycles. The van der Waals surface area contributed by atoms with Gasteiger partial charge in [-0.05, 0) is 30.2 Å². The summed E-state index contributed by atoms with van der Waals surface area (Å²) in [6.07, 6.45) is 0.876. The number of rotatable bonds is 4. The monoisotopic (exact) mass is 327 g/mol. The zero-order chi connectivity index (χ0) is 13.7. The van der Waals surface area contributed by atoms with Gasteiger partial charge in [-0.1, -0.05) is 22.9 Å². The number of ether oxygens (including phenoxy) is 2. The first-order valence-electron chi connectivity index (χ1n) is 6.47. The van der Waals surface area contributed by atoms with E-state index < -0.39 is 0 Å². The van der Waals surface area contributed by atoms with Gasteiger partial charge >= 0.3 is 0 Å². The van der Waals surface area contributed by atoms with E-state index in [0.29, 0.717) is 26.3 Å². The van der Waals surface area contributed by atoms with Crippen LogP contribution in [-0.4, -0.2) is 43.7 Å². The third kappa shape index (κ3) is 3.94. The van der Waals surface area contributed by atoms with Gasteiger partial charge in [0.25, 0.3) is 5.91 Å². The van der Waals surface area contributed by atoms with E-state index >= 15 is 0 Å². The number of amides is 1. The minimum atomic E-state index is 0.0215. The third-order valence-electron chi connectivity index (χ3n) is 3.12. The first-order valence-corrected chi connectivity index (χ1v) is 7.26. The number of hydrogen-bond acceptors (Lipinski definition) is 3. The normalized spacial score (nSPS) is 15.4. The quantitative estimate of drug-likeness (QED) is 0.851. The summed E-state index contributed by atoms with van der Waals surface area (Å²) < 4.78 is 11.9. The lowest BCUT2D eigenvalue weighted by Crippen LogP contribution is -2.43. The summed E-state index contributed by atoms with van der Waals surface area (Å²) in [5, 5.41) is 0. The van der Waals surface area contributed by atoms with Crippen molar-refractivity contribution in [3.05, 3.63) is 28.2 Å². The third-order valence-corrected chi connectivity index (χ3v) is 3.61. The van der Waals surface area contributed by atoms with Gasteiger partial charge in [-0.2, -0.15) is 0 Å². The van der Waals surface area contributed by atoms with E-state index in [-0.39, 0.29) is 12.5 Å². The summed E-state index contributed by atoms with van der Waals surface area (Å²) in [6, 6.07) is 5.84. The van der Waals surface area contributed by atoms with Crippen molar-refractivity contribution >= 4 is 21.8 Å². The number of halogens is 1. The highest BCUT2D eigenvalue weighted by Crippen LogP contribution is 2.23. The van der Waals surface area contributed by atoms with Crippen LogP contribution < -0.4 is 4.74 Å². The zero-order valence-electron chi connectivity index (χ0n) is 11.0. The molecule has 0 atom stereocenters. The molecule has 1 saturated heterocycles. The van der Waals surface area contributed by atoms with E-state index in [1.54, 1.807) is 4.90 Å². The Morgan fingerprint density at radius 2 is 2.16 bits per heavy atom. The van der Waals surface area contributed by atoms with Crippen LogP contribution in [0.5, 0.6) is 5.75 Å². The molecule has 0 N–H and O–H groups in total. The largest absolute Gasteiger partial charge is 0.483 e. The van der Waals surface area contributed by atoms with Gasteiger partial charge in [0.15, 0.2) is 6.61 Å². The van der Waals surface area contributed by atoms with Gasteiger partial charge < -0.3 is 14.4 Å². The molecule has 1 aliphatic rings. The van der Waals surface area contributed by atoms with E-state index in [1.807, 2.05) is 18.2 Å². The van der Waals surface area contributed by atoms with Crippen molar-refractivity contribution in [3.8, 4) is 5.75 Å². The molecule has 104 valence electrons. The zero-order valence-corrected chi connectivity index (χ0v) is 12.6. The van der Waals surface area contributed by atoms with Crippen molar-refractivity contribution < 1.29 is 14.3 Å². The molecule has 0 radical (unpaired) electrons. The first-order chi connectivity index (χ1) is 9.20. The topological polar surface area (TPSA) is 38.8 Å². The lowest BCUT2D eigenvalue weighted by atomic mass is 10.1. The Morgan fingerprint density at radius 1 is 1.42 bits per heavy atom. The Kier molecular flexibility index (Phi) is 5.22. The number of carbonyl (C=O) groups is 1. The van der Waals surface area contributed by atoms with Crippen molar-refractivity contribution in [2.75, 3.05) is 32.9 Å². The van der Waals surface area contributed by atoms with Gasteiger partial charge in [-0.15, -0.1) is 0 Å². The highest BCUT2D eigenvalue weighted by atomic mass is 79.9. The summed E-state index contributed by atoms with van der Waals surface area (Å²) >= 11 is 3.44. The van der Waals surface area contributed by atoms with Crippen LogP contribution in [0.25, 0.3) is 0 Å². The fraction of sp³-hybridized carbons (Fsp3) is 0.500. The predicted molar refractivity (Wildman–Crippen MR) is 76.4 cm³/mol. The number of benzene rings is 1. The minimum absolute atomic E-state index is 0.0215. The van der Waals surface area contributed by atoms with Crippen molar-refractivity contribution in [1.29, 1.82) is 0 Å². The number of carbonyl (C=O) groups excluding carboxylic acids is 1. The molecule has 2 rings (SSSR count). The van der Waals surface area contributed by atoms with Gasteiger partial charge in [0.2, 0.25) is 0 Å². The highest BCUT2D eigenvalue weighted by Gasteiger charge is 2.17. The molecule has 5 heteroatoms. The fourth-order valence-electron chi connectivity index (χ4n) is 2.01. The predicted octanol–water partition coefficient (Wildman–Crippen LogP) is 2.25. The van der Waals surface area contributed by atoms with Gasteiger partial charge in [0.05, 0.1) is 13.2 Å². The van der Waals surface area contributed by atoms with Crippen LogP contribution >= 0.6 is 15.9 Å². The van der Waals surface area contributed by atoms with Gasteiger partial charge in [-0.3, -0.25) is 4.79 Å². The van der Waals surface area contributed by atoms with Crippen molar-refractivity contribution in [1.82, 2.24) is 4.90 Å². The molecular formula is C14H18BrNO3. The molecule has 1 aromatic rings. The molecule has 1 aliphatic heterocycles. The number of hydrogen-bond donors (Lipinski definition) is 0. The second-order valence-corrected chi connectivity index (χ2v) is 5.30. The molecule has 19 heavy (non-hydrogen) atoms. The molecule has 0 aromatic heterocycles. The van der Waals surface area contributed by atoms with Crippen molar-refractivity contribution in [2.24, 2.45) is 0 Å². The van der Waals surface area contributed by atoms with Gasteiger partial charge in [-0.25, -0.2) is 0 Å². The van der Waals surface area contributed by atoms with Crippen LogP contribution in [-0.2, 0) is 16.0 Å². The second kappa shape index (κ2) is 6.91. The Hall–Kier alpha value is -1.07. The van der Waals surface area contributed by atoms with E-state index in [1.165, 1.54) is 0 Å². The van der Waals surface area contributed by atoms with E-state index in [0.717, 1.165) is 22.2 Å². The molecule has 0 bridgehead atoms. The molecule has 4 nitrogen and oxygen atoms in total. The Morgan fingerprint density at radius 3 is 2.84 bits per heavy atom. The summed E-state index contributed by atoms with van der Waals surface area (Å²) in [6.45, 7) is 4.70. The standard InChI is InChI=1S/C14H18BrNO3/c1-2-11-9-12(15)3-4-13(11)19-10-14(17)16-5-7-18-8-6-16/h3-4,9H,2,5-8,10H2,1H3. The lowest BCUT2D eigenvalue weighted by molar-refractivity contribution is -0.137. The second-order valence-electron chi connectivity index (χ2n) is 4.39. The maximum Gasteiger partial charge on any atom is 0.260 e. The number of nitrogens with zero attached hydrogens (tertiary/aromatic N) is 1. The van der Waals surface area contributed by atoms with E-state index in [2.05, 4.69) is 22.9 Å². The average molecular weight is 328 g/mol. The van der Waals surface area contributed by atoms with Crippen LogP contribution in [0, 0.1) is 0 Å². The maximum absolute atomic E-state index is 12.0. The summed E-state index contributed by atoms with van der Waals surface area (Å²) in [4.78, 5) is 13.8. The molecule has 0 unspecified atom stereocenters. The fourth-order valence-corrected chi connectivity index (χ4v) is 2.42. The SMILES string of the molecule is CCc1cc(Br)ccc1OCC(=O)N1CCOCC1. The highest BCUT2D eigenvalue weighted by molar-refractivity contribution is 9.10. The Labute approximate surface area is 121 Å². The molecule has 0 aliphatic carbocycles. The smallest absolute Gasteiger partial charge is 0.260 e. The molecular weight excluding hydrogens is 310 g/mol. The van der Waals surface area contributed by atoms with Crippen LogP contribution in [0.15, 0.2) is 22.7 Å². The molecule has 1 fully saturated rings. The van der Waals surface area contributed by atoms with E-state index in [4.69, 9.17) is 9.47 Å². The van der Waals surface area contributed by atoms with Crippen LogP contribution in [0.2, 0.25) is 0 Å². The first kappa shape index (κ1) is 14.3. The van der Waals surface area contributed by atoms with Gasteiger partial charge in [0, 0.05) is 17.6 Å². The van der Waals surface area contributed by atoms with Crippen LogP contribution in [0.1, 0.15) is 12.5 Å². The van der Waals surface area contributed by atoms with Gasteiger partial charge in [0.1, 0.15) is 5.75 Å². The molecule has 1 aromatic carbocycles. The number of morpholine rings is 1. The molecule has 0 spiro atoms. The van der Waals surface area contributed by atoms with Crippen LogP contribution in [0.3, 0.4) is 0 Å². The summed E-state index contributed by atoms with van der Waals surface area (Å²) in [7, 11) is 0. The average Bonchev–Trinajstić information content (AvgIpc) is 2.46. The van der Waals surface area contributed by atoms with Crippen molar-refractivity contribution in [2.45, 2.75) is 13.3 Å². The van der Waals surface area contributed by atoms with Crippen molar-refractivity contribution in [3.63, 3.8) is 0 Å². The van der Waals surface area contributed by atoms with E-state index in [9.17, 15) is 4.79 Å². The Bertz CT molecular complexity index is 444. The Balaban J connectivity index is 1.92. The summed E-state index contributed by atoms with van der Waals surface area (Å²) in [5.41, 5.74) is 1.10. The molecule has 0 saturated carbocycles. The van der Waals surface area contributed by atoms with Crippen LogP contribution in [0.4, 0.5) is 0 Å². The summed E-state index contributed by atoms with van der Waals surface area (Å²) in [5.74, 6) is 0.806. The number of aryl methyl sites for hydroxylation is 1. The maximum atomic E-state index is 12.0. The molecule has 1 amide bonds.